The van der Waals surface area contributed by atoms with Gasteiger partial charge in [0.1, 0.15) is 11.8 Å². The van der Waals surface area contributed by atoms with E-state index in [1.807, 2.05) is 32.0 Å². The molecule has 2 amide bonds. The second kappa shape index (κ2) is 10.6. The predicted molar refractivity (Wildman–Crippen MR) is 116 cm³/mol. The number of rotatable bonds is 9. The first-order chi connectivity index (χ1) is 13.8. The monoisotopic (exact) mass is 396 g/mol. The third-order valence-electron chi connectivity index (χ3n) is 5.12. The Morgan fingerprint density at radius 3 is 2.03 bits per heavy atom. The van der Waals surface area contributed by atoms with Crippen LogP contribution in [0.15, 0.2) is 54.6 Å². The van der Waals surface area contributed by atoms with E-state index in [9.17, 15) is 9.59 Å². The molecular formula is C24H32N2O3. The second-order valence-electron chi connectivity index (χ2n) is 7.93. The van der Waals surface area contributed by atoms with Crippen molar-refractivity contribution in [1.29, 1.82) is 0 Å². The standard InChI is InChI=1S/C24H32N2O3/c1-16(2)21(18-9-7-6-8-10-18)15-25-24(28)22(17(3)4)26-23(27)19-11-13-20(29-5)14-12-19/h6-14,16-17,21-22H,15H2,1-5H3,(H,25,28)(H,26,27). The summed E-state index contributed by atoms with van der Waals surface area (Å²) in [7, 11) is 1.58. The molecule has 29 heavy (non-hydrogen) atoms. The summed E-state index contributed by atoms with van der Waals surface area (Å²) < 4.78 is 5.12. The summed E-state index contributed by atoms with van der Waals surface area (Å²) >= 11 is 0. The molecule has 2 aromatic rings. The van der Waals surface area contributed by atoms with Crippen LogP contribution in [0, 0.1) is 11.8 Å². The minimum atomic E-state index is -0.604. The Kier molecular flexibility index (Phi) is 8.25. The van der Waals surface area contributed by atoms with E-state index in [-0.39, 0.29) is 23.7 Å². The molecule has 0 aliphatic carbocycles. The first-order valence-electron chi connectivity index (χ1n) is 10.1. The molecule has 2 unspecified atom stereocenters. The Bertz CT molecular complexity index is 786. The fourth-order valence-electron chi connectivity index (χ4n) is 3.26. The second-order valence-corrected chi connectivity index (χ2v) is 7.93. The molecule has 0 aliphatic rings. The number of hydrogen-bond donors (Lipinski definition) is 2. The zero-order valence-electron chi connectivity index (χ0n) is 17.9. The molecule has 5 nitrogen and oxygen atoms in total. The first kappa shape index (κ1) is 22.5. The van der Waals surface area contributed by atoms with E-state index in [4.69, 9.17) is 4.74 Å². The summed E-state index contributed by atoms with van der Waals surface area (Å²) in [5.74, 6) is 0.800. The SMILES string of the molecule is COc1ccc(C(=O)NC(C(=O)NCC(c2ccccc2)C(C)C)C(C)C)cc1. The van der Waals surface area contributed by atoms with Crippen LogP contribution in [0.4, 0.5) is 0 Å². The van der Waals surface area contributed by atoms with Crippen molar-refractivity contribution in [3.63, 3.8) is 0 Å². The van der Waals surface area contributed by atoms with Crippen LogP contribution in [0.1, 0.15) is 49.5 Å². The molecule has 0 fully saturated rings. The summed E-state index contributed by atoms with van der Waals surface area (Å²) in [5, 5.41) is 5.92. The number of methoxy groups -OCH3 is 1. The topological polar surface area (TPSA) is 67.4 Å². The van der Waals surface area contributed by atoms with Crippen molar-refractivity contribution >= 4 is 11.8 Å². The lowest BCUT2D eigenvalue weighted by Gasteiger charge is -2.25. The minimum absolute atomic E-state index is 0.0357. The van der Waals surface area contributed by atoms with Gasteiger partial charge in [-0.1, -0.05) is 58.0 Å². The van der Waals surface area contributed by atoms with Gasteiger partial charge >= 0.3 is 0 Å². The lowest BCUT2D eigenvalue weighted by molar-refractivity contribution is -0.124. The van der Waals surface area contributed by atoms with Crippen LogP contribution < -0.4 is 15.4 Å². The number of hydrogen-bond acceptors (Lipinski definition) is 3. The molecule has 0 heterocycles. The molecule has 0 radical (unpaired) electrons. The van der Waals surface area contributed by atoms with Crippen molar-refractivity contribution in [1.82, 2.24) is 10.6 Å². The van der Waals surface area contributed by atoms with Crippen molar-refractivity contribution in [2.45, 2.75) is 39.7 Å². The number of carbonyl (C=O) groups excluding carboxylic acids is 2. The molecule has 0 aromatic heterocycles. The lowest BCUT2D eigenvalue weighted by atomic mass is 9.88. The third kappa shape index (κ3) is 6.34. The molecule has 2 aromatic carbocycles. The lowest BCUT2D eigenvalue weighted by Crippen LogP contribution is -2.50. The maximum atomic E-state index is 12.9. The molecule has 0 saturated carbocycles. The fraction of sp³-hybridized carbons (Fsp3) is 0.417. The van der Waals surface area contributed by atoms with Crippen LogP contribution in [0.25, 0.3) is 0 Å². The molecule has 2 rings (SSSR count). The van der Waals surface area contributed by atoms with Crippen molar-refractivity contribution in [2.75, 3.05) is 13.7 Å². The van der Waals surface area contributed by atoms with E-state index in [0.717, 1.165) is 0 Å². The van der Waals surface area contributed by atoms with Crippen molar-refractivity contribution < 1.29 is 14.3 Å². The largest absolute Gasteiger partial charge is 0.497 e. The van der Waals surface area contributed by atoms with Gasteiger partial charge in [0.25, 0.3) is 5.91 Å². The van der Waals surface area contributed by atoms with Gasteiger partial charge in [0.05, 0.1) is 7.11 Å². The summed E-state index contributed by atoms with van der Waals surface area (Å²) in [6.07, 6.45) is 0. The van der Waals surface area contributed by atoms with Gasteiger partial charge in [-0.3, -0.25) is 9.59 Å². The third-order valence-corrected chi connectivity index (χ3v) is 5.12. The fourth-order valence-corrected chi connectivity index (χ4v) is 3.26. The summed E-state index contributed by atoms with van der Waals surface area (Å²) in [6, 6.07) is 16.4. The Morgan fingerprint density at radius 2 is 1.52 bits per heavy atom. The maximum absolute atomic E-state index is 12.9. The molecule has 5 heteroatoms. The normalized spacial score (nSPS) is 13.1. The molecule has 156 valence electrons. The number of amides is 2. The number of benzene rings is 2. The summed E-state index contributed by atoms with van der Waals surface area (Å²) in [4.78, 5) is 25.5. The van der Waals surface area contributed by atoms with Crippen LogP contribution in [0.5, 0.6) is 5.75 Å². The Balaban J connectivity index is 2.03. The molecule has 0 bridgehead atoms. The highest BCUT2D eigenvalue weighted by molar-refractivity contribution is 5.97. The van der Waals surface area contributed by atoms with Crippen molar-refractivity contribution in [3.05, 3.63) is 65.7 Å². The zero-order valence-corrected chi connectivity index (χ0v) is 17.9. The summed E-state index contributed by atoms with van der Waals surface area (Å²) in [6.45, 7) is 8.68. The van der Waals surface area contributed by atoms with E-state index in [1.165, 1.54) is 5.56 Å². The average molecular weight is 397 g/mol. The minimum Gasteiger partial charge on any atom is -0.497 e. The highest BCUT2D eigenvalue weighted by Crippen LogP contribution is 2.23. The zero-order chi connectivity index (χ0) is 21.4. The number of carbonyl (C=O) groups is 2. The first-order valence-corrected chi connectivity index (χ1v) is 10.1. The highest BCUT2D eigenvalue weighted by Gasteiger charge is 2.26. The summed E-state index contributed by atoms with van der Waals surface area (Å²) in [5.41, 5.74) is 1.69. The van der Waals surface area contributed by atoms with E-state index in [1.54, 1.807) is 31.4 Å². The van der Waals surface area contributed by atoms with Gasteiger partial charge in [0.15, 0.2) is 0 Å². The molecular weight excluding hydrogens is 364 g/mol. The maximum Gasteiger partial charge on any atom is 0.251 e. The van der Waals surface area contributed by atoms with Gasteiger partial charge in [0.2, 0.25) is 5.91 Å². The molecule has 0 aliphatic heterocycles. The van der Waals surface area contributed by atoms with Crippen molar-refractivity contribution in [2.24, 2.45) is 11.8 Å². The van der Waals surface area contributed by atoms with Gasteiger partial charge in [-0.05, 0) is 41.7 Å². The Morgan fingerprint density at radius 1 is 0.897 bits per heavy atom. The molecule has 0 spiro atoms. The molecule has 0 saturated heterocycles. The van der Waals surface area contributed by atoms with Gasteiger partial charge in [-0.2, -0.15) is 0 Å². The van der Waals surface area contributed by atoms with Gasteiger partial charge in [0, 0.05) is 18.0 Å². The van der Waals surface area contributed by atoms with Crippen LogP contribution in [-0.2, 0) is 4.79 Å². The van der Waals surface area contributed by atoms with Crippen molar-refractivity contribution in [3.8, 4) is 5.75 Å². The quantitative estimate of drug-likeness (QED) is 0.673. The molecule has 2 atom stereocenters. The van der Waals surface area contributed by atoms with E-state index in [0.29, 0.717) is 23.8 Å². The van der Waals surface area contributed by atoms with Gasteiger partial charge in [-0.15, -0.1) is 0 Å². The molecule has 2 N–H and O–H groups in total. The van der Waals surface area contributed by atoms with E-state index in [2.05, 4.69) is 36.6 Å². The van der Waals surface area contributed by atoms with Gasteiger partial charge < -0.3 is 15.4 Å². The van der Waals surface area contributed by atoms with Crippen LogP contribution in [-0.4, -0.2) is 31.5 Å². The smallest absolute Gasteiger partial charge is 0.251 e. The van der Waals surface area contributed by atoms with E-state index < -0.39 is 6.04 Å². The Hall–Kier alpha value is -2.82. The van der Waals surface area contributed by atoms with Crippen LogP contribution in [0.3, 0.4) is 0 Å². The van der Waals surface area contributed by atoms with Crippen LogP contribution in [0.2, 0.25) is 0 Å². The highest BCUT2D eigenvalue weighted by atomic mass is 16.5. The average Bonchev–Trinajstić information content (AvgIpc) is 2.72. The van der Waals surface area contributed by atoms with Crippen LogP contribution >= 0.6 is 0 Å². The number of nitrogens with one attached hydrogen (secondary N) is 2. The van der Waals surface area contributed by atoms with E-state index >= 15 is 0 Å². The predicted octanol–water partition coefficient (Wildman–Crippen LogP) is 4.01. The Labute approximate surface area is 173 Å². The number of ether oxygens (including phenoxy) is 1. The van der Waals surface area contributed by atoms with Gasteiger partial charge in [-0.25, -0.2) is 0 Å².